The summed E-state index contributed by atoms with van der Waals surface area (Å²) in [5, 5.41) is 2.66. The van der Waals surface area contributed by atoms with Gasteiger partial charge >= 0.3 is 17.9 Å². The van der Waals surface area contributed by atoms with Crippen molar-refractivity contribution in [1.82, 2.24) is 5.32 Å². The predicted octanol–water partition coefficient (Wildman–Crippen LogP) is 1.45. The van der Waals surface area contributed by atoms with Crippen LogP contribution in [0.15, 0.2) is 36.9 Å². The molecular weight excluding hydrogens is 434 g/mol. The Morgan fingerprint density at radius 3 is 2.21 bits per heavy atom. The predicted molar refractivity (Wildman–Crippen MR) is 115 cm³/mol. The van der Waals surface area contributed by atoms with Crippen LogP contribution in [0.1, 0.15) is 33.3 Å². The van der Waals surface area contributed by atoms with E-state index in [0.29, 0.717) is 12.2 Å². The highest BCUT2D eigenvalue weighted by Gasteiger charge is 2.52. The second kappa shape index (κ2) is 12.0. The number of allylic oxidation sites excluding steroid dienone is 1. The fourth-order valence-corrected chi connectivity index (χ4v) is 3.46. The first-order valence-electron chi connectivity index (χ1n) is 10.4. The number of nitrogens with one attached hydrogen (secondary N) is 1. The molecule has 0 saturated carbocycles. The molecule has 5 unspecified atom stereocenters. The molecule has 10 nitrogen and oxygen atoms in total. The molecule has 1 aliphatic rings. The second-order valence-electron chi connectivity index (χ2n) is 7.44. The molecule has 0 aliphatic carbocycles. The highest BCUT2D eigenvalue weighted by Crippen LogP contribution is 2.30. The van der Waals surface area contributed by atoms with Gasteiger partial charge in [0.05, 0.1) is 0 Å². The van der Waals surface area contributed by atoms with Gasteiger partial charge in [-0.05, 0) is 18.1 Å². The Morgan fingerprint density at radius 2 is 1.64 bits per heavy atom. The number of carbonyl (C=O) groups is 4. The minimum atomic E-state index is -1.18. The van der Waals surface area contributed by atoms with E-state index in [1.807, 2.05) is 12.1 Å². The lowest BCUT2D eigenvalue weighted by molar-refractivity contribution is -0.257. The molecule has 0 bridgehead atoms. The third kappa shape index (κ3) is 7.60. The third-order valence-electron chi connectivity index (χ3n) is 4.65. The van der Waals surface area contributed by atoms with Crippen molar-refractivity contribution < 1.29 is 42.9 Å². The number of ether oxygens (including phenoxy) is 5. The van der Waals surface area contributed by atoms with Crippen LogP contribution in [-0.2, 0) is 44.5 Å². The van der Waals surface area contributed by atoms with Crippen molar-refractivity contribution in [2.75, 3.05) is 6.61 Å². The number of rotatable bonds is 9. The summed E-state index contributed by atoms with van der Waals surface area (Å²) in [5.41, 5.74) is 0.806. The first-order chi connectivity index (χ1) is 15.6. The van der Waals surface area contributed by atoms with Crippen LogP contribution in [0.25, 0.3) is 0 Å². The zero-order chi connectivity index (χ0) is 24.5. The van der Waals surface area contributed by atoms with Crippen molar-refractivity contribution in [3.05, 3.63) is 42.5 Å². The summed E-state index contributed by atoms with van der Waals surface area (Å²) < 4.78 is 28.0. The number of amides is 1. The first-order valence-corrected chi connectivity index (χ1v) is 10.4. The van der Waals surface area contributed by atoms with Crippen molar-refractivity contribution in [3.63, 3.8) is 0 Å². The Morgan fingerprint density at radius 1 is 1.00 bits per heavy atom. The molecule has 1 aromatic rings. The van der Waals surface area contributed by atoms with Gasteiger partial charge in [-0.25, -0.2) is 0 Å². The van der Waals surface area contributed by atoms with Gasteiger partial charge in [-0.1, -0.05) is 24.3 Å². The molecule has 0 aromatic heterocycles. The van der Waals surface area contributed by atoms with Gasteiger partial charge in [0, 0.05) is 27.7 Å². The van der Waals surface area contributed by atoms with Gasteiger partial charge in [-0.15, -0.1) is 6.58 Å². The van der Waals surface area contributed by atoms with Crippen molar-refractivity contribution in [2.24, 2.45) is 0 Å². The lowest BCUT2D eigenvalue weighted by atomic mass is 9.96. The molecule has 180 valence electrons. The third-order valence-corrected chi connectivity index (χ3v) is 4.65. The Labute approximate surface area is 192 Å². The molecule has 1 amide bonds. The van der Waals surface area contributed by atoms with Gasteiger partial charge in [0.2, 0.25) is 12.2 Å². The number of esters is 3. The monoisotopic (exact) mass is 463 g/mol. The highest BCUT2D eigenvalue weighted by atomic mass is 16.7. The van der Waals surface area contributed by atoms with Crippen LogP contribution in [0.3, 0.4) is 0 Å². The molecule has 1 saturated heterocycles. The Bertz CT molecular complexity index is 884. The summed E-state index contributed by atoms with van der Waals surface area (Å²) in [6.45, 7) is 8.29. The summed E-state index contributed by atoms with van der Waals surface area (Å²) >= 11 is 0. The SMILES string of the molecule is C=CCc1ccccc1OC1OC(COC(C)=O)C(OC(C)=O)C(OC(C)=O)C1NC(C)=O. The molecule has 0 radical (unpaired) electrons. The van der Waals surface area contributed by atoms with Gasteiger partial charge < -0.3 is 29.0 Å². The summed E-state index contributed by atoms with van der Waals surface area (Å²) in [6, 6.07) is 6.11. The van der Waals surface area contributed by atoms with Gasteiger partial charge in [0.25, 0.3) is 0 Å². The van der Waals surface area contributed by atoms with Crippen LogP contribution in [0.4, 0.5) is 0 Å². The average molecular weight is 463 g/mol. The van der Waals surface area contributed by atoms with Crippen molar-refractivity contribution >= 4 is 23.8 Å². The fourth-order valence-electron chi connectivity index (χ4n) is 3.46. The molecule has 1 heterocycles. The van der Waals surface area contributed by atoms with E-state index >= 15 is 0 Å². The zero-order valence-corrected chi connectivity index (χ0v) is 19.1. The molecule has 33 heavy (non-hydrogen) atoms. The van der Waals surface area contributed by atoms with E-state index in [1.54, 1.807) is 18.2 Å². The number of hydrogen-bond acceptors (Lipinski definition) is 9. The molecule has 0 spiro atoms. The highest BCUT2D eigenvalue weighted by molar-refractivity contribution is 5.73. The molecule has 1 N–H and O–H groups in total. The molecule has 1 aliphatic heterocycles. The van der Waals surface area contributed by atoms with E-state index in [-0.39, 0.29) is 6.61 Å². The van der Waals surface area contributed by atoms with E-state index in [4.69, 9.17) is 23.7 Å². The van der Waals surface area contributed by atoms with Crippen LogP contribution in [0, 0.1) is 0 Å². The number of carbonyl (C=O) groups excluding carboxylic acids is 4. The van der Waals surface area contributed by atoms with Gasteiger partial charge in [0.15, 0.2) is 12.2 Å². The van der Waals surface area contributed by atoms with Gasteiger partial charge in [-0.3, -0.25) is 19.2 Å². The molecular formula is C23H29NO9. The number of benzene rings is 1. The number of para-hydroxylation sites is 1. The molecule has 1 fully saturated rings. The lowest BCUT2D eigenvalue weighted by Gasteiger charge is -2.44. The largest absolute Gasteiger partial charge is 0.463 e. The average Bonchev–Trinajstić information content (AvgIpc) is 2.71. The minimum Gasteiger partial charge on any atom is -0.463 e. The maximum absolute atomic E-state index is 12.0. The van der Waals surface area contributed by atoms with E-state index in [9.17, 15) is 19.2 Å². The fraction of sp³-hybridized carbons (Fsp3) is 0.478. The van der Waals surface area contributed by atoms with Crippen LogP contribution in [0.2, 0.25) is 0 Å². The van der Waals surface area contributed by atoms with E-state index in [2.05, 4.69) is 11.9 Å². The van der Waals surface area contributed by atoms with Crippen molar-refractivity contribution in [3.8, 4) is 5.75 Å². The summed E-state index contributed by atoms with van der Waals surface area (Å²) in [5.74, 6) is -1.93. The topological polar surface area (TPSA) is 126 Å². The summed E-state index contributed by atoms with van der Waals surface area (Å²) in [6.07, 6.45) is -2.35. The van der Waals surface area contributed by atoms with Crippen LogP contribution in [0.5, 0.6) is 5.75 Å². The van der Waals surface area contributed by atoms with Gasteiger partial charge in [0.1, 0.15) is 24.5 Å². The van der Waals surface area contributed by atoms with E-state index in [0.717, 1.165) is 5.56 Å². The first kappa shape index (κ1) is 25.9. The molecule has 2 rings (SSSR count). The van der Waals surface area contributed by atoms with Crippen LogP contribution < -0.4 is 10.1 Å². The van der Waals surface area contributed by atoms with E-state index in [1.165, 1.54) is 27.7 Å². The second-order valence-corrected chi connectivity index (χ2v) is 7.44. The maximum atomic E-state index is 12.0. The van der Waals surface area contributed by atoms with Crippen molar-refractivity contribution in [1.29, 1.82) is 0 Å². The minimum absolute atomic E-state index is 0.300. The summed E-state index contributed by atoms with van der Waals surface area (Å²) in [4.78, 5) is 47.1. The molecule has 1 aromatic carbocycles. The Hall–Kier alpha value is -3.40. The van der Waals surface area contributed by atoms with Crippen LogP contribution >= 0.6 is 0 Å². The Kier molecular flexibility index (Phi) is 9.41. The number of hydrogen-bond donors (Lipinski definition) is 1. The lowest BCUT2D eigenvalue weighted by Crippen LogP contribution is -2.67. The quantitative estimate of drug-likeness (QED) is 0.329. The summed E-state index contributed by atoms with van der Waals surface area (Å²) in [7, 11) is 0. The zero-order valence-electron chi connectivity index (χ0n) is 19.1. The smallest absolute Gasteiger partial charge is 0.303 e. The van der Waals surface area contributed by atoms with Gasteiger partial charge in [-0.2, -0.15) is 0 Å². The maximum Gasteiger partial charge on any atom is 0.303 e. The van der Waals surface area contributed by atoms with Crippen molar-refractivity contribution in [2.45, 2.75) is 64.8 Å². The van der Waals surface area contributed by atoms with Crippen LogP contribution in [-0.4, -0.2) is 61.1 Å². The molecule has 10 heteroatoms. The standard InChI is InChI=1S/C23H29NO9/c1-6-9-17-10-7-8-11-18(17)32-23-20(24-13(2)25)22(31-16(5)28)21(30-15(4)27)19(33-23)12-29-14(3)26/h6-8,10-11,19-23H,1,9,12H2,2-5H3,(H,24,25). The normalized spacial score (nSPS) is 24.2. The van der Waals surface area contributed by atoms with E-state index < -0.39 is 54.5 Å². The molecule has 5 atom stereocenters. The Balaban J connectivity index is 2.49.